The van der Waals surface area contributed by atoms with E-state index in [0.29, 0.717) is 18.8 Å². The van der Waals surface area contributed by atoms with E-state index in [2.05, 4.69) is 5.32 Å². The summed E-state index contributed by atoms with van der Waals surface area (Å²) in [5.41, 5.74) is 0.0788. The summed E-state index contributed by atoms with van der Waals surface area (Å²) in [6.45, 7) is 6.28. The number of fused-ring (bicyclic) bond motifs is 1. The molecular formula is C22H27F3N4O5. The van der Waals surface area contributed by atoms with Gasteiger partial charge in [-0.3, -0.25) is 9.69 Å². The molecule has 3 atom stereocenters. The standard InChI is InChI=1S/C22H27F3N4O5/c1-22(2,3)34-20(31)27-17-13-9-28(10-14(13)17)16-5-4-11(6-15(16)23)29-8-12(33-21(29)32)7-26-19(30)18(24)25/h4-6,12-14,17-18H,7-10H2,1-3H3,(H,26,30)(H,27,31). The number of nitrogens with zero attached hydrogens (tertiary/aromatic N) is 2. The zero-order valence-electron chi connectivity index (χ0n) is 19.0. The molecule has 186 valence electrons. The molecule has 0 bridgehead atoms. The highest BCUT2D eigenvalue weighted by molar-refractivity contribution is 5.90. The minimum atomic E-state index is -3.16. The van der Waals surface area contributed by atoms with Crippen molar-refractivity contribution in [3.8, 4) is 0 Å². The van der Waals surface area contributed by atoms with Crippen LogP contribution >= 0.6 is 0 Å². The summed E-state index contributed by atoms with van der Waals surface area (Å²) in [6.07, 6.45) is -5.19. The fourth-order valence-corrected chi connectivity index (χ4v) is 4.43. The fourth-order valence-electron chi connectivity index (χ4n) is 4.43. The smallest absolute Gasteiger partial charge is 0.414 e. The number of piperidine rings is 1. The van der Waals surface area contributed by atoms with Crippen molar-refractivity contribution in [2.45, 2.75) is 44.9 Å². The van der Waals surface area contributed by atoms with E-state index in [1.807, 2.05) is 10.2 Å². The molecule has 1 saturated carbocycles. The molecular weight excluding hydrogens is 457 g/mol. The van der Waals surface area contributed by atoms with Crippen LogP contribution in [-0.2, 0) is 14.3 Å². The molecule has 2 saturated heterocycles. The average Bonchev–Trinajstić information content (AvgIpc) is 3.06. The van der Waals surface area contributed by atoms with Gasteiger partial charge in [0.25, 0.3) is 5.91 Å². The number of cyclic esters (lactones) is 1. The van der Waals surface area contributed by atoms with Gasteiger partial charge in [0.1, 0.15) is 17.5 Å². The number of nitrogens with one attached hydrogen (secondary N) is 2. The first-order chi connectivity index (χ1) is 15.9. The number of alkyl halides is 2. The molecule has 0 radical (unpaired) electrons. The van der Waals surface area contributed by atoms with Crippen molar-refractivity contribution < 1.29 is 37.0 Å². The lowest BCUT2D eigenvalue weighted by molar-refractivity contribution is -0.132. The monoisotopic (exact) mass is 484 g/mol. The van der Waals surface area contributed by atoms with E-state index in [-0.39, 0.29) is 36.7 Å². The molecule has 4 rings (SSSR count). The van der Waals surface area contributed by atoms with Gasteiger partial charge in [0, 0.05) is 31.0 Å². The van der Waals surface area contributed by atoms with Gasteiger partial charge in [-0.15, -0.1) is 0 Å². The Morgan fingerprint density at radius 3 is 2.47 bits per heavy atom. The van der Waals surface area contributed by atoms with Crippen LogP contribution in [0, 0.1) is 17.7 Å². The summed E-state index contributed by atoms with van der Waals surface area (Å²) in [4.78, 5) is 38.2. The molecule has 2 aliphatic heterocycles. The third-order valence-corrected chi connectivity index (χ3v) is 6.04. The van der Waals surface area contributed by atoms with Crippen LogP contribution in [0.15, 0.2) is 18.2 Å². The summed E-state index contributed by atoms with van der Waals surface area (Å²) in [6, 6.07) is 4.39. The van der Waals surface area contributed by atoms with Gasteiger partial charge in [-0.2, -0.15) is 8.78 Å². The Morgan fingerprint density at radius 2 is 1.88 bits per heavy atom. The molecule has 1 aliphatic carbocycles. The van der Waals surface area contributed by atoms with Gasteiger partial charge in [0.2, 0.25) is 0 Å². The zero-order chi connectivity index (χ0) is 24.8. The van der Waals surface area contributed by atoms with Crippen LogP contribution in [0.4, 0.5) is 34.1 Å². The number of benzene rings is 1. The number of carbonyl (C=O) groups is 3. The number of alkyl carbamates (subject to hydrolysis) is 1. The molecule has 9 nitrogen and oxygen atoms in total. The van der Waals surface area contributed by atoms with Crippen LogP contribution in [0.1, 0.15) is 20.8 Å². The molecule has 3 unspecified atom stereocenters. The van der Waals surface area contributed by atoms with Crippen LogP contribution in [0.5, 0.6) is 0 Å². The molecule has 1 aromatic rings. The van der Waals surface area contributed by atoms with E-state index in [0.717, 1.165) is 0 Å². The lowest BCUT2D eigenvalue weighted by Gasteiger charge is -2.25. The van der Waals surface area contributed by atoms with Gasteiger partial charge in [-0.05, 0) is 39.0 Å². The summed E-state index contributed by atoms with van der Waals surface area (Å²) >= 11 is 0. The van der Waals surface area contributed by atoms with E-state index < -0.39 is 42.0 Å². The third-order valence-electron chi connectivity index (χ3n) is 6.04. The molecule has 3 amide bonds. The van der Waals surface area contributed by atoms with Gasteiger partial charge in [-0.1, -0.05) is 0 Å². The quantitative estimate of drug-likeness (QED) is 0.644. The number of hydrogen-bond acceptors (Lipinski definition) is 6. The average molecular weight is 484 g/mol. The predicted octanol–water partition coefficient (Wildman–Crippen LogP) is 2.49. The number of rotatable bonds is 6. The Morgan fingerprint density at radius 1 is 1.21 bits per heavy atom. The zero-order valence-corrected chi connectivity index (χ0v) is 19.0. The van der Waals surface area contributed by atoms with E-state index in [1.54, 1.807) is 32.9 Å². The normalized spacial score (nSPS) is 25.8. The number of ether oxygens (including phenoxy) is 2. The summed E-state index contributed by atoms with van der Waals surface area (Å²) < 4.78 is 49.8. The van der Waals surface area contributed by atoms with Crippen molar-refractivity contribution in [3.63, 3.8) is 0 Å². The lowest BCUT2D eigenvalue weighted by atomic mass is 10.2. The first-order valence-electron chi connectivity index (χ1n) is 11.0. The Balaban J connectivity index is 1.30. The Kier molecular flexibility index (Phi) is 6.26. The van der Waals surface area contributed by atoms with E-state index in [1.165, 1.54) is 11.0 Å². The first kappa shape index (κ1) is 24.0. The molecule has 3 fully saturated rings. The maximum Gasteiger partial charge on any atom is 0.414 e. The topological polar surface area (TPSA) is 100 Å². The SMILES string of the molecule is CC(C)(C)OC(=O)NC1C2CN(c3ccc(N4CC(CNC(=O)C(F)F)OC4=O)cc3F)CC21. The molecule has 1 aromatic carbocycles. The van der Waals surface area contributed by atoms with Crippen LogP contribution < -0.4 is 20.4 Å². The minimum absolute atomic E-state index is 0.00693. The fraction of sp³-hybridized carbons (Fsp3) is 0.591. The first-order valence-corrected chi connectivity index (χ1v) is 11.0. The molecule has 12 heteroatoms. The Hall–Kier alpha value is -3.18. The maximum atomic E-state index is 14.9. The molecule has 34 heavy (non-hydrogen) atoms. The van der Waals surface area contributed by atoms with Crippen molar-refractivity contribution in [2.24, 2.45) is 11.8 Å². The van der Waals surface area contributed by atoms with E-state index in [4.69, 9.17) is 9.47 Å². The number of anilines is 2. The highest BCUT2D eigenvalue weighted by atomic mass is 19.3. The lowest BCUT2D eigenvalue weighted by Crippen LogP contribution is -2.38. The van der Waals surface area contributed by atoms with E-state index >= 15 is 0 Å². The largest absolute Gasteiger partial charge is 0.444 e. The molecule has 0 aromatic heterocycles. The van der Waals surface area contributed by atoms with Crippen LogP contribution in [-0.4, -0.2) is 68.4 Å². The second-order valence-electron chi connectivity index (χ2n) is 9.70. The number of hydrogen-bond donors (Lipinski definition) is 2. The van der Waals surface area contributed by atoms with Crippen LogP contribution in [0.3, 0.4) is 0 Å². The second kappa shape index (κ2) is 8.88. The number of amides is 3. The van der Waals surface area contributed by atoms with Gasteiger partial charge >= 0.3 is 18.6 Å². The molecule has 2 heterocycles. The van der Waals surface area contributed by atoms with Gasteiger partial charge in [0.05, 0.1) is 24.5 Å². The highest BCUT2D eigenvalue weighted by Gasteiger charge is 2.57. The second-order valence-corrected chi connectivity index (χ2v) is 9.70. The summed E-state index contributed by atoms with van der Waals surface area (Å²) in [7, 11) is 0. The van der Waals surface area contributed by atoms with E-state index in [9.17, 15) is 27.6 Å². The highest BCUT2D eigenvalue weighted by Crippen LogP contribution is 2.47. The van der Waals surface area contributed by atoms with Crippen molar-refractivity contribution in [3.05, 3.63) is 24.0 Å². The number of halogens is 3. The van der Waals surface area contributed by atoms with Crippen molar-refractivity contribution in [2.75, 3.05) is 36.0 Å². The minimum Gasteiger partial charge on any atom is -0.444 e. The Bertz CT molecular complexity index is 974. The summed E-state index contributed by atoms with van der Waals surface area (Å²) in [5, 5.41) is 4.87. The van der Waals surface area contributed by atoms with Gasteiger partial charge in [-0.25, -0.2) is 14.0 Å². The van der Waals surface area contributed by atoms with Gasteiger partial charge < -0.3 is 25.0 Å². The third kappa shape index (κ3) is 5.15. The maximum absolute atomic E-state index is 14.9. The molecule has 3 aliphatic rings. The molecule has 0 spiro atoms. The van der Waals surface area contributed by atoms with Crippen molar-refractivity contribution in [1.29, 1.82) is 0 Å². The van der Waals surface area contributed by atoms with Crippen LogP contribution in [0.2, 0.25) is 0 Å². The molecule has 2 N–H and O–H groups in total. The van der Waals surface area contributed by atoms with Gasteiger partial charge in [0.15, 0.2) is 0 Å². The van der Waals surface area contributed by atoms with Crippen molar-refractivity contribution in [1.82, 2.24) is 10.6 Å². The van der Waals surface area contributed by atoms with Crippen LogP contribution in [0.25, 0.3) is 0 Å². The predicted molar refractivity (Wildman–Crippen MR) is 115 cm³/mol. The Labute approximate surface area is 194 Å². The van der Waals surface area contributed by atoms with Crippen molar-refractivity contribution >= 4 is 29.5 Å². The summed E-state index contributed by atoms with van der Waals surface area (Å²) in [5.74, 6) is -1.54. The number of carbonyl (C=O) groups excluding carboxylic acids is 3.